The zero-order chi connectivity index (χ0) is 19.9. The predicted molar refractivity (Wildman–Crippen MR) is 102 cm³/mol. The fraction of sp³-hybridized carbons (Fsp3) is 0.500. The molecule has 150 valence electrons. The summed E-state index contributed by atoms with van der Waals surface area (Å²) in [6.07, 6.45) is 3.01. The highest BCUT2D eigenvalue weighted by atomic mass is 19.1. The van der Waals surface area contributed by atoms with Gasteiger partial charge in [0.15, 0.2) is 0 Å². The summed E-state index contributed by atoms with van der Waals surface area (Å²) in [6.45, 7) is 4.85. The van der Waals surface area contributed by atoms with Crippen LogP contribution in [0.25, 0.3) is 0 Å². The van der Waals surface area contributed by atoms with Gasteiger partial charge in [0.2, 0.25) is 0 Å². The van der Waals surface area contributed by atoms with Crippen LogP contribution in [0.2, 0.25) is 0 Å². The Morgan fingerprint density at radius 1 is 1.18 bits per heavy atom. The van der Waals surface area contributed by atoms with E-state index in [-0.39, 0.29) is 18.1 Å². The predicted octanol–water partition coefficient (Wildman–Crippen LogP) is 3.48. The Hall–Kier alpha value is -2.05. The van der Waals surface area contributed by atoms with Gasteiger partial charge in [-0.05, 0) is 48.4 Å². The summed E-state index contributed by atoms with van der Waals surface area (Å²) in [5, 5.41) is 20.4. The van der Waals surface area contributed by atoms with Gasteiger partial charge in [0.1, 0.15) is 17.4 Å². The van der Waals surface area contributed by atoms with Crippen molar-refractivity contribution < 1.29 is 19.0 Å². The van der Waals surface area contributed by atoms with Crippen LogP contribution >= 0.6 is 0 Å². The van der Waals surface area contributed by atoms with Gasteiger partial charge in [0.05, 0.1) is 11.8 Å². The molecule has 1 aromatic carbocycles. The van der Waals surface area contributed by atoms with Crippen molar-refractivity contribution in [3.8, 4) is 5.75 Å². The monoisotopic (exact) mass is 388 g/mol. The zero-order valence-electron chi connectivity index (χ0n) is 16.0. The number of hydrogen-bond donors (Lipinski definition) is 2. The van der Waals surface area contributed by atoms with E-state index in [1.165, 1.54) is 18.3 Å². The van der Waals surface area contributed by atoms with E-state index in [9.17, 15) is 19.0 Å². The molecule has 1 aliphatic carbocycles. The standard InChI is InChI=1S/C22H26F2N2O2/c1-14(21-5-4-19(27)10-25-21)11-26-12-16-8-22(28,9-17(16)13-26)7-15-2-3-18(23)6-20(15)24/h2-6,10,14,16-17,27-28H,7-9,11-13H2,1H3/t14?,16-,17+,22?. The quantitative estimate of drug-likeness (QED) is 0.823. The summed E-state index contributed by atoms with van der Waals surface area (Å²) in [4.78, 5) is 6.71. The molecular weight excluding hydrogens is 362 g/mol. The first kappa shape index (κ1) is 19.3. The molecule has 2 N–H and O–H groups in total. The lowest BCUT2D eigenvalue weighted by atomic mass is 9.91. The molecule has 1 saturated heterocycles. The van der Waals surface area contributed by atoms with Gasteiger partial charge in [0, 0.05) is 43.7 Å². The van der Waals surface area contributed by atoms with Crippen LogP contribution in [0, 0.1) is 23.5 Å². The van der Waals surface area contributed by atoms with Crippen molar-refractivity contribution >= 4 is 0 Å². The number of likely N-dealkylation sites (tertiary alicyclic amines) is 1. The molecule has 2 aliphatic rings. The van der Waals surface area contributed by atoms with Crippen molar-refractivity contribution in [2.75, 3.05) is 19.6 Å². The van der Waals surface area contributed by atoms with Gasteiger partial charge in [-0.3, -0.25) is 4.98 Å². The molecule has 6 heteroatoms. The molecule has 0 amide bonds. The second-order valence-corrected chi connectivity index (χ2v) is 8.63. The van der Waals surface area contributed by atoms with Gasteiger partial charge in [0.25, 0.3) is 0 Å². The van der Waals surface area contributed by atoms with Crippen molar-refractivity contribution in [3.63, 3.8) is 0 Å². The molecule has 2 heterocycles. The van der Waals surface area contributed by atoms with Crippen LogP contribution in [0.1, 0.15) is 36.9 Å². The normalized spacial score (nSPS) is 28.4. The number of nitrogens with zero attached hydrogens (tertiary/aromatic N) is 2. The Kier molecular flexibility index (Phi) is 5.10. The number of rotatable bonds is 5. The number of fused-ring (bicyclic) bond motifs is 1. The minimum Gasteiger partial charge on any atom is -0.506 e. The molecule has 4 atom stereocenters. The van der Waals surface area contributed by atoms with E-state index >= 15 is 0 Å². The van der Waals surface area contributed by atoms with Crippen molar-refractivity contribution in [3.05, 3.63) is 59.4 Å². The molecule has 2 unspecified atom stereocenters. The maximum atomic E-state index is 14.0. The summed E-state index contributed by atoms with van der Waals surface area (Å²) in [5.74, 6) is 0.0453. The maximum absolute atomic E-state index is 14.0. The lowest BCUT2D eigenvalue weighted by molar-refractivity contribution is 0.0345. The topological polar surface area (TPSA) is 56.6 Å². The van der Waals surface area contributed by atoms with Crippen LogP contribution in [0.15, 0.2) is 36.5 Å². The molecule has 28 heavy (non-hydrogen) atoms. The molecule has 2 fully saturated rings. The fourth-order valence-corrected chi connectivity index (χ4v) is 5.04. The first-order valence-corrected chi connectivity index (χ1v) is 9.85. The number of pyridine rings is 1. The number of aliphatic hydroxyl groups is 1. The number of benzene rings is 1. The minimum absolute atomic E-state index is 0.170. The Balaban J connectivity index is 1.34. The molecule has 0 spiro atoms. The van der Waals surface area contributed by atoms with Crippen LogP contribution in [0.4, 0.5) is 8.78 Å². The Morgan fingerprint density at radius 2 is 1.89 bits per heavy atom. The molecular formula is C22H26F2N2O2. The summed E-state index contributed by atoms with van der Waals surface area (Å²) in [7, 11) is 0. The van der Waals surface area contributed by atoms with E-state index in [2.05, 4.69) is 16.8 Å². The molecule has 0 radical (unpaired) electrons. The average Bonchev–Trinajstić information content (AvgIpc) is 3.12. The Morgan fingerprint density at radius 3 is 2.50 bits per heavy atom. The first-order valence-electron chi connectivity index (χ1n) is 9.85. The summed E-state index contributed by atoms with van der Waals surface area (Å²) in [6, 6.07) is 7.08. The third-order valence-corrected chi connectivity index (χ3v) is 6.28. The highest BCUT2D eigenvalue weighted by molar-refractivity contribution is 5.22. The van der Waals surface area contributed by atoms with E-state index in [0.29, 0.717) is 30.2 Å². The third kappa shape index (κ3) is 4.03. The highest BCUT2D eigenvalue weighted by Gasteiger charge is 2.48. The van der Waals surface area contributed by atoms with Crippen LogP contribution in [0.5, 0.6) is 5.75 Å². The fourth-order valence-electron chi connectivity index (χ4n) is 5.04. The Labute approximate surface area is 163 Å². The largest absolute Gasteiger partial charge is 0.506 e. The molecule has 1 saturated carbocycles. The van der Waals surface area contributed by atoms with Gasteiger partial charge in [-0.25, -0.2) is 8.78 Å². The molecule has 0 bridgehead atoms. The average molecular weight is 388 g/mol. The van der Waals surface area contributed by atoms with E-state index in [1.807, 2.05) is 6.07 Å². The number of aromatic hydroxyl groups is 1. The summed E-state index contributed by atoms with van der Waals surface area (Å²) in [5.41, 5.74) is 0.426. The van der Waals surface area contributed by atoms with Crippen molar-refractivity contribution in [2.24, 2.45) is 11.8 Å². The van der Waals surface area contributed by atoms with E-state index in [4.69, 9.17) is 0 Å². The van der Waals surface area contributed by atoms with E-state index in [1.54, 1.807) is 6.07 Å². The number of halogens is 2. The zero-order valence-corrected chi connectivity index (χ0v) is 16.0. The van der Waals surface area contributed by atoms with Gasteiger partial charge in [-0.15, -0.1) is 0 Å². The van der Waals surface area contributed by atoms with Crippen molar-refractivity contribution in [2.45, 2.75) is 37.7 Å². The van der Waals surface area contributed by atoms with Gasteiger partial charge in [-0.2, -0.15) is 0 Å². The SMILES string of the molecule is CC(CN1C[C@@H]2CC(O)(Cc3ccc(F)cc3F)C[C@@H]2C1)c1ccc(O)cn1. The second-order valence-electron chi connectivity index (χ2n) is 8.63. The van der Waals surface area contributed by atoms with Crippen LogP contribution in [-0.2, 0) is 6.42 Å². The maximum Gasteiger partial charge on any atom is 0.133 e. The van der Waals surface area contributed by atoms with Gasteiger partial charge >= 0.3 is 0 Å². The molecule has 1 aromatic heterocycles. The van der Waals surface area contributed by atoms with Crippen molar-refractivity contribution in [1.29, 1.82) is 0 Å². The van der Waals surface area contributed by atoms with Gasteiger partial charge in [-0.1, -0.05) is 13.0 Å². The van der Waals surface area contributed by atoms with E-state index in [0.717, 1.165) is 31.4 Å². The summed E-state index contributed by atoms with van der Waals surface area (Å²) >= 11 is 0. The Bertz CT molecular complexity index is 829. The van der Waals surface area contributed by atoms with Crippen LogP contribution in [0.3, 0.4) is 0 Å². The van der Waals surface area contributed by atoms with Gasteiger partial charge < -0.3 is 15.1 Å². The first-order chi connectivity index (χ1) is 13.3. The lowest BCUT2D eigenvalue weighted by Crippen LogP contribution is -2.33. The summed E-state index contributed by atoms with van der Waals surface area (Å²) < 4.78 is 27.1. The minimum atomic E-state index is -0.912. The van der Waals surface area contributed by atoms with Crippen LogP contribution in [-0.4, -0.2) is 45.3 Å². The van der Waals surface area contributed by atoms with Crippen molar-refractivity contribution in [1.82, 2.24) is 9.88 Å². The highest BCUT2D eigenvalue weighted by Crippen LogP contribution is 2.45. The molecule has 4 nitrogen and oxygen atoms in total. The third-order valence-electron chi connectivity index (χ3n) is 6.28. The second kappa shape index (κ2) is 7.41. The smallest absolute Gasteiger partial charge is 0.133 e. The van der Waals surface area contributed by atoms with Crippen LogP contribution < -0.4 is 0 Å². The molecule has 4 rings (SSSR count). The number of aromatic nitrogens is 1. The lowest BCUT2D eigenvalue weighted by Gasteiger charge is -2.27. The van der Waals surface area contributed by atoms with E-state index < -0.39 is 17.2 Å². The molecule has 2 aromatic rings. The molecule has 1 aliphatic heterocycles. The number of hydrogen-bond acceptors (Lipinski definition) is 4.